The predicted octanol–water partition coefficient (Wildman–Crippen LogP) is 2.12. The SMILES string of the molecule is CC1SCCN(C(=O)N2CC3CCCC3C2C(=O)O)C1C. The van der Waals surface area contributed by atoms with Crippen molar-refractivity contribution in [1.29, 1.82) is 0 Å². The van der Waals surface area contributed by atoms with Crippen LogP contribution in [0.3, 0.4) is 0 Å². The maximum atomic E-state index is 12.9. The smallest absolute Gasteiger partial charge is 0.326 e. The van der Waals surface area contributed by atoms with E-state index >= 15 is 0 Å². The molecule has 2 amide bonds. The van der Waals surface area contributed by atoms with Gasteiger partial charge in [-0.1, -0.05) is 13.3 Å². The average Bonchev–Trinajstić information content (AvgIpc) is 3.00. The molecule has 0 radical (unpaired) electrons. The van der Waals surface area contributed by atoms with E-state index in [4.69, 9.17) is 0 Å². The molecule has 6 heteroatoms. The third kappa shape index (κ3) is 2.51. The van der Waals surface area contributed by atoms with Crippen molar-refractivity contribution >= 4 is 23.8 Å². The fourth-order valence-corrected chi connectivity index (χ4v) is 5.29. The predicted molar refractivity (Wildman–Crippen MR) is 82.4 cm³/mol. The zero-order chi connectivity index (χ0) is 15.1. The number of aliphatic carboxylic acids is 1. The number of amides is 2. The number of likely N-dealkylation sites (tertiary alicyclic amines) is 1. The maximum absolute atomic E-state index is 12.9. The molecule has 5 atom stereocenters. The molecule has 0 spiro atoms. The molecule has 5 nitrogen and oxygen atoms in total. The number of carboxylic acids is 1. The van der Waals surface area contributed by atoms with E-state index in [0.29, 0.717) is 17.7 Å². The molecule has 1 saturated carbocycles. The van der Waals surface area contributed by atoms with Crippen molar-refractivity contribution in [3.63, 3.8) is 0 Å². The first-order valence-electron chi connectivity index (χ1n) is 7.92. The minimum absolute atomic E-state index is 0.0588. The van der Waals surface area contributed by atoms with Crippen LogP contribution in [-0.2, 0) is 4.79 Å². The van der Waals surface area contributed by atoms with Gasteiger partial charge in [-0.05, 0) is 31.6 Å². The Morgan fingerprint density at radius 1 is 1.19 bits per heavy atom. The van der Waals surface area contributed by atoms with Gasteiger partial charge in [0.25, 0.3) is 0 Å². The van der Waals surface area contributed by atoms with Crippen LogP contribution < -0.4 is 0 Å². The lowest BCUT2D eigenvalue weighted by molar-refractivity contribution is -0.142. The number of carbonyl (C=O) groups excluding carboxylic acids is 1. The quantitative estimate of drug-likeness (QED) is 0.805. The first kappa shape index (κ1) is 15.0. The molecule has 0 aromatic carbocycles. The number of fused-ring (bicyclic) bond motifs is 1. The van der Waals surface area contributed by atoms with Crippen LogP contribution in [0.25, 0.3) is 0 Å². The van der Waals surface area contributed by atoms with Gasteiger partial charge >= 0.3 is 12.0 Å². The third-order valence-corrected chi connectivity index (χ3v) is 6.86. The molecule has 3 rings (SSSR count). The van der Waals surface area contributed by atoms with Gasteiger partial charge in [0.05, 0.1) is 0 Å². The summed E-state index contributed by atoms with van der Waals surface area (Å²) in [6, 6.07) is -0.496. The zero-order valence-electron chi connectivity index (χ0n) is 12.7. The lowest BCUT2D eigenvalue weighted by Gasteiger charge is -2.40. The highest BCUT2D eigenvalue weighted by atomic mass is 32.2. The lowest BCUT2D eigenvalue weighted by Crippen LogP contribution is -2.56. The highest BCUT2D eigenvalue weighted by Gasteiger charge is 2.51. The van der Waals surface area contributed by atoms with E-state index in [0.717, 1.165) is 31.6 Å². The molecule has 1 aliphatic carbocycles. The van der Waals surface area contributed by atoms with Crippen molar-refractivity contribution in [3.8, 4) is 0 Å². The minimum Gasteiger partial charge on any atom is -0.480 e. The maximum Gasteiger partial charge on any atom is 0.326 e. The Kier molecular flexibility index (Phi) is 4.08. The number of carbonyl (C=O) groups is 2. The van der Waals surface area contributed by atoms with Crippen LogP contribution in [0.5, 0.6) is 0 Å². The summed E-state index contributed by atoms with van der Waals surface area (Å²) in [7, 11) is 0. The van der Waals surface area contributed by atoms with Crippen molar-refractivity contribution in [1.82, 2.24) is 9.80 Å². The van der Waals surface area contributed by atoms with Gasteiger partial charge in [0.1, 0.15) is 6.04 Å². The average molecular weight is 312 g/mol. The van der Waals surface area contributed by atoms with Gasteiger partial charge in [0.15, 0.2) is 0 Å². The lowest BCUT2D eigenvalue weighted by atomic mass is 9.94. The summed E-state index contributed by atoms with van der Waals surface area (Å²) in [4.78, 5) is 28.1. The van der Waals surface area contributed by atoms with Crippen molar-refractivity contribution in [2.24, 2.45) is 11.8 Å². The molecule has 3 aliphatic rings. The largest absolute Gasteiger partial charge is 0.480 e. The molecule has 21 heavy (non-hydrogen) atoms. The van der Waals surface area contributed by atoms with Crippen LogP contribution >= 0.6 is 11.8 Å². The number of urea groups is 1. The Morgan fingerprint density at radius 2 is 1.95 bits per heavy atom. The summed E-state index contributed by atoms with van der Waals surface area (Å²) >= 11 is 1.88. The van der Waals surface area contributed by atoms with Crippen LogP contribution in [0, 0.1) is 11.8 Å². The van der Waals surface area contributed by atoms with E-state index in [1.165, 1.54) is 0 Å². The normalized spacial score (nSPS) is 39.4. The standard InChI is InChI=1S/C15H24N2O3S/c1-9-10(2)21-7-6-16(9)15(20)17-8-11-4-3-5-12(11)13(17)14(18)19/h9-13H,3-8H2,1-2H3,(H,18,19). The highest BCUT2D eigenvalue weighted by molar-refractivity contribution is 8.00. The summed E-state index contributed by atoms with van der Waals surface area (Å²) in [6.07, 6.45) is 3.13. The topological polar surface area (TPSA) is 60.9 Å². The number of rotatable bonds is 1. The van der Waals surface area contributed by atoms with Gasteiger partial charge < -0.3 is 14.9 Å². The summed E-state index contributed by atoms with van der Waals surface area (Å²) in [5.41, 5.74) is 0. The fraction of sp³-hybridized carbons (Fsp3) is 0.867. The van der Waals surface area contributed by atoms with E-state index in [1.54, 1.807) is 4.90 Å². The van der Waals surface area contributed by atoms with Gasteiger partial charge in [0.2, 0.25) is 0 Å². The Hall–Kier alpha value is -0.910. The van der Waals surface area contributed by atoms with E-state index in [-0.39, 0.29) is 18.0 Å². The molecule has 5 unspecified atom stereocenters. The Labute approximate surface area is 130 Å². The molecule has 3 fully saturated rings. The van der Waals surface area contributed by atoms with Crippen molar-refractivity contribution in [3.05, 3.63) is 0 Å². The number of hydrogen-bond donors (Lipinski definition) is 1. The van der Waals surface area contributed by atoms with Gasteiger partial charge in [-0.2, -0.15) is 11.8 Å². The molecule has 2 aliphatic heterocycles. The van der Waals surface area contributed by atoms with E-state index < -0.39 is 12.0 Å². The van der Waals surface area contributed by atoms with E-state index in [9.17, 15) is 14.7 Å². The van der Waals surface area contributed by atoms with Crippen molar-refractivity contribution in [2.45, 2.75) is 50.4 Å². The Bertz CT molecular complexity index is 445. The van der Waals surface area contributed by atoms with Crippen molar-refractivity contribution < 1.29 is 14.7 Å². The van der Waals surface area contributed by atoms with Crippen LogP contribution in [0.15, 0.2) is 0 Å². The third-order valence-electron chi connectivity index (χ3n) is 5.52. The number of nitrogens with zero attached hydrogens (tertiary/aromatic N) is 2. The first-order valence-corrected chi connectivity index (χ1v) is 8.97. The summed E-state index contributed by atoms with van der Waals surface area (Å²) in [5, 5.41) is 9.99. The Balaban J connectivity index is 1.78. The van der Waals surface area contributed by atoms with Gasteiger partial charge in [-0.25, -0.2) is 9.59 Å². The van der Waals surface area contributed by atoms with Crippen LogP contribution in [0.2, 0.25) is 0 Å². The molecule has 0 aromatic rings. The first-order chi connectivity index (χ1) is 10.0. The second-order valence-electron chi connectivity index (χ2n) is 6.58. The van der Waals surface area contributed by atoms with Gasteiger partial charge in [-0.3, -0.25) is 0 Å². The van der Waals surface area contributed by atoms with Crippen LogP contribution in [0.4, 0.5) is 4.79 Å². The molecule has 0 aromatic heterocycles. The fourth-order valence-electron chi connectivity index (χ4n) is 4.19. The summed E-state index contributed by atoms with van der Waals surface area (Å²) in [6.45, 7) is 5.57. The van der Waals surface area contributed by atoms with Gasteiger partial charge in [-0.15, -0.1) is 0 Å². The van der Waals surface area contributed by atoms with Crippen LogP contribution in [0.1, 0.15) is 33.1 Å². The number of hydrogen-bond acceptors (Lipinski definition) is 3. The van der Waals surface area contributed by atoms with Gasteiger partial charge in [0, 0.05) is 30.1 Å². The molecule has 2 heterocycles. The molecule has 0 bridgehead atoms. The Morgan fingerprint density at radius 3 is 2.67 bits per heavy atom. The minimum atomic E-state index is -0.829. The second-order valence-corrected chi connectivity index (χ2v) is 8.07. The van der Waals surface area contributed by atoms with Crippen LogP contribution in [-0.4, -0.2) is 63.1 Å². The van der Waals surface area contributed by atoms with Crippen molar-refractivity contribution in [2.75, 3.05) is 18.8 Å². The molecule has 2 saturated heterocycles. The summed E-state index contributed by atoms with van der Waals surface area (Å²) < 4.78 is 0. The monoisotopic (exact) mass is 312 g/mol. The molecule has 1 N–H and O–H groups in total. The van der Waals surface area contributed by atoms with E-state index in [2.05, 4.69) is 13.8 Å². The molecule has 118 valence electrons. The zero-order valence-corrected chi connectivity index (χ0v) is 13.5. The highest BCUT2D eigenvalue weighted by Crippen LogP contribution is 2.43. The number of carboxylic acid groups (broad SMARTS) is 1. The summed E-state index contributed by atoms with van der Waals surface area (Å²) in [5.74, 6) is 0.667. The molecular formula is C15H24N2O3S. The second kappa shape index (κ2) is 5.71. The van der Waals surface area contributed by atoms with E-state index in [1.807, 2.05) is 16.7 Å². The number of thioether (sulfide) groups is 1. The molecular weight excluding hydrogens is 288 g/mol.